The number of thiazole rings is 1. The molecule has 1 saturated heterocycles. The van der Waals surface area contributed by atoms with Crippen LogP contribution in [0.25, 0.3) is 10.6 Å². The van der Waals surface area contributed by atoms with Gasteiger partial charge in [-0.3, -0.25) is 0 Å². The summed E-state index contributed by atoms with van der Waals surface area (Å²) in [6.07, 6.45) is 1.63. The molecule has 4 rings (SSSR count). The highest BCUT2D eigenvalue weighted by Crippen LogP contribution is 2.33. The van der Waals surface area contributed by atoms with Gasteiger partial charge in [0.2, 0.25) is 0 Å². The lowest BCUT2D eigenvalue weighted by molar-refractivity contribution is 0.0725. The second kappa shape index (κ2) is 9.32. The first-order valence-electron chi connectivity index (χ1n) is 9.81. The van der Waals surface area contributed by atoms with E-state index in [9.17, 15) is 4.21 Å². The summed E-state index contributed by atoms with van der Waals surface area (Å²) < 4.78 is 28.4. The van der Waals surface area contributed by atoms with Gasteiger partial charge in [-0.15, -0.1) is 22.9 Å². The highest BCUT2D eigenvalue weighted by atomic mass is 35.5. The Kier molecular flexibility index (Phi) is 6.78. The van der Waals surface area contributed by atoms with Gasteiger partial charge in [-0.05, 0) is 36.6 Å². The second-order valence-electron chi connectivity index (χ2n) is 7.07. The molecule has 158 valence electrons. The van der Waals surface area contributed by atoms with Crippen molar-refractivity contribution in [3.63, 3.8) is 0 Å². The first-order chi connectivity index (χ1) is 14.1. The van der Waals surface area contributed by atoms with Crippen LogP contribution in [0.2, 0.25) is 0 Å². The Balaban J connectivity index is 1.46. The number of hydrogen-bond acceptors (Lipinski definition) is 5. The Morgan fingerprint density at radius 1 is 1.21 bits per heavy atom. The maximum atomic E-state index is 13.4. The number of alkyl halides is 1. The number of hydrogen-bond donors (Lipinski definition) is 0. The topological polar surface area (TPSA) is 54.9 Å². The summed E-state index contributed by atoms with van der Waals surface area (Å²) in [6.45, 7) is 4.52. The predicted octanol–water partition coefficient (Wildman–Crippen LogP) is 3.05. The summed E-state index contributed by atoms with van der Waals surface area (Å²) in [5.74, 6) is 5.53. The van der Waals surface area contributed by atoms with Crippen molar-refractivity contribution < 1.29 is 13.7 Å². The van der Waals surface area contributed by atoms with Gasteiger partial charge in [0, 0.05) is 48.9 Å². The maximum Gasteiger partial charge on any atom is 0.123 e. The molecule has 0 bridgehead atoms. The fourth-order valence-corrected chi connectivity index (χ4v) is 6.55. The molecule has 29 heavy (non-hydrogen) atoms. The summed E-state index contributed by atoms with van der Waals surface area (Å²) in [5, 5.41) is 0.992. The molecule has 0 spiro atoms. The van der Waals surface area contributed by atoms with Crippen molar-refractivity contribution >= 4 is 38.7 Å². The molecule has 2 aliphatic rings. The van der Waals surface area contributed by atoms with Crippen LogP contribution in [0, 0.1) is 0 Å². The largest absolute Gasteiger partial charge is 0.494 e. The summed E-state index contributed by atoms with van der Waals surface area (Å²) in [4.78, 5) is 6.02. The normalized spacial score (nSPS) is 20.2. The molecule has 0 saturated carbocycles. The van der Waals surface area contributed by atoms with Crippen molar-refractivity contribution in [1.82, 2.24) is 13.6 Å². The molecule has 6 nitrogen and oxygen atoms in total. The Morgan fingerprint density at radius 3 is 2.69 bits per heavy atom. The van der Waals surface area contributed by atoms with Gasteiger partial charge in [-0.1, -0.05) is 0 Å². The fraction of sp³-hybridized carbons (Fsp3) is 0.500. The summed E-state index contributed by atoms with van der Waals surface area (Å²) >= 11 is 7.36. The van der Waals surface area contributed by atoms with Crippen molar-refractivity contribution in [1.29, 1.82) is 0 Å². The zero-order chi connectivity index (χ0) is 20.3. The van der Waals surface area contributed by atoms with Gasteiger partial charge in [0.25, 0.3) is 0 Å². The molecule has 1 fully saturated rings. The first kappa shape index (κ1) is 21.1. The average Bonchev–Trinajstić information content (AvgIpc) is 3.18. The SMILES string of the molecule is C=S(=O)(N1CCOCC1)N1CCc2nc(-c3ccc(OCCCCl)cc3)sc2C1. The average molecular weight is 456 g/mol. The van der Waals surface area contributed by atoms with E-state index in [4.69, 9.17) is 26.1 Å². The summed E-state index contributed by atoms with van der Waals surface area (Å²) in [7, 11) is -2.46. The monoisotopic (exact) mass is 455 g/mol. The van der Waals surface area contributed by atoms with Gasteiger partial charge in [-0.25, -0.2) is 17.8 Å². The zero-order valence-corrected chi connectivity index (χ0v) is 18.7. The van der Waals surface area contributed by atoms with Crippen LogP contribution in [0.3, 0.4) is 0 Å². The number of nitrogens with zero attached hydrogens (tertiary/aromatic N) is 3. The number of fused-ring (bicyclic) bond motifs is 1. The number of rotatable bonds is 7. The molecule has 1 unspecified atom stereocenters. The molecule has 2 aliphatic heterocycles. The van der Waals surface area contributed by atoms with Crippen LogP contribution in [0.15, 0.2) is 24.3 Å². The van der Waals surface area contributed by atoms with E-state index in [0.717, 1.165) is 34.9 Å². The molecule has 0 aliphatic carbocycles. The van der Waals surface area contributed by atoms with Gasteiger partial charge in [0.1, 0.15) is 10.8 Å². The molecule has 1 atom stereocenters. The van der Waals surface area contributed by atoms with E-state index in [0.29, 0.717) is 51.9 Å². The van der Waals surface area contributed by atoms with E-state index in [1.807, 2.05) is 32.9 Å². The highest BCUT2D eigenvalue weighted by Gasteiger charge is 2.30. The molecule has 0 amide bonds. The van der Waals surface area contributed by atoms with Gasteiger partial charge in [0.05, 0.1) is 35.4 Å². The van der Waals surface area contributed by atoms with E-state index in [1.54, 1.807) is 11.3 Å². The Hall–Kier alpha value is -1.16. The molecule has 1 aromatic heterocycles. The van der Waals surface area contributed by atoms with E-state index < -0.39 is 9.89 Å². The standard InChI is InChI=1S/C20H26ClN3O3S2/c1-29(25,23-10-13-26-14-11-23)24-9-7-18-19(15-24)28-20(22-18)16-3-5-17(6-4-16)27-12-2-8-21/h3-6H,1-2,7-15H2. The van der Waals surface area contributed by atoms with Crippen LogP contribution in [0.1, 0.15) is 17.0 Å². The Labute approximate surface area is 181 Å². The minimum atomic E-state index is -2.46. The molecular formula is C20H26ClN3O3S2. The third-order valence-corrected chi connectivity index (χ3v) is 8.81. The lowest BCUT2D eigenvalue weighted by Gasteiger charge is -2.37. The minimum Gasteiger partial charge on any atom is -0.494 e. The molecule has 1 aromatic carbocycles. The Bertz CT molecular complexity index is 925. The third kappa shape index (κ3) is 4.78. The number of morpholine rings is 1. The van der Waals surface area contributed by atoms with Crippen molar-refractivity contribution in [2.45, 2.75) is 19.4 Å². The van der Waals surface area contributed by atoms with Crippen LogP contribution >= 0.6 is 22.9 Å². The van der Waals surface area contributed by atoms with Gasteiger partial charge in [-0.2, -0.15) is 0 Å². The molecule has 2 aromatic rings. The van der Waals surface area contributed by atoms with Crippen LogP contribution in [-0.4, -0.2) is 69.0 Å². The quantitative estimate of drug-likeness (QED) is 0.366. The number of ether oxygens (including phenoxy) is 2. The second-order valence-corrected chi connectivity index (χ2v) is 10.8. The smallest absolute Gasteiger partial charge is 0.123 e. The number of halogens is 1. The van der Waals surface area contributed by atoms with E-state index in [2.05, 4.69) is 5.87 Å². The predicted molar refractivity (Wildman–Crippen MR) is 120 cm³/mol. The zero-order valence-electron chi connectivity index (χ0n) is 16.3. The molecule has 3 heterocycles. The number of benzene rings is 1. The maximum absolute atomic E-state index is 13.4. The van der Waals surface area contributed by atoms with Crippen molar-refractivity contribution in [3.8, 4) is 16.3 Å². The summed E-state index contributed by atoms with van der Waals surface area (Å²) in [5.41, 5.74) is 2.19. The van der Waals surface area contributed by atoms with Crippen LogP contribution in [0.4, 0.5) is 0 Å². The minimum absolute atomic E-state index is 0.602. The van der Waals surface area contributed by atoms with Gasteiger partial charge >= 0.3 is 0 Å². The van der Waals surface area contributed by atoms with Crippen molar-refractivity contribution in [2.24, 2.45) is 0 Å². The first-order valence-corrected chi connectivity index (χ1v) is 12.8. The number of aromatic nitrogens is 1. The van der Waals surface area contributed by atoms with Crippen molar-refractivity contribution in [3.05, 3.63) is 34.8 Å². The Morgan fingerprint density at radius 2 is 1.97 bits per heavy atom. The lowest BCUT2D eigenvalue weighted by Crippen LogP contribution is -2.49. The van der Waals surface area contributed by atoms with Crippen LogP contribution < -0.4 is 4.74 Å². The third-order valence-electron chi connectivity index (χ3n) is 5.12. The highest BCUT2D eigenvalue weighted by molar-refractivity contribution is 7.95. The van der Waals surface area contributed by atoms with Crippen molar-refractivity contribution in [2.75, 3.05) is 45.3 Å². The van der Waals surface area contributed by atoms with E-state index >= 15 is 0 Å². The molecule has 9 heteroatoms. The fourth-order valence-electron chi connectivity index (χ4n) is 3.47. The van der Waals surface area contributed by atoms with Crippen LogP contribution in [-0.2, 0) is 27.6 Å². The van der Waals surface area contributed by atoms with Crippen LogP contribution in [0.5, 0.6) is 5.75 Å². The molecule has 0 N–H and O–H groups in total. The van der Waals surface area contributed by atoms with Gasteiger partial charge in [0.15, 0.2) is 0 Å². The summed E-state index contributed by atoms with van der Waals surface area (Å²) in [6, 6.07) is 8.02. The molecular weight excluding hydrogens is 430 g/mol. The van der Waals surface area contributed by atoms with E-state index in [-0.39, 0.29) is 0 Å². The lowest BCUT2D eigenvalue weighted by atomic mass is 10.2. The van der Waals surface area contributed by atoms with E-state index in [1.165, 1.54) is 4.88 Å². The van der Waals surface area contributed by atoms with Gasteiger partial charge < -0.3 is 9.47 Å². The molecule has 0 radical (unpaired) electrons.